The van der Waals surface area contributed by atoms with Crippen LogP contribution in [0.3, 0.4) is 0 Å². The normalized spacial score (nSPS) is 29.9. The number of furan rings is 2. The van der Waals surface area contributed by atoms with Crippen LogP contribution in [0, 0.1) is 12.8 Å². The van der Waals surface area contributed by atoms with Gasteiger partial charge in [-0.25, -0.2) is 0 Å². The first-order chi connectivity index (χ1) is 15.2. The van der Waals surface area contributed by atoms with Crippen molar-refractivity contribution in [3.63, 3.8) is 0 Å². The maximum atomic E-state index is 6.58. The first-order valence-corrected chi connectivity index (χ1v) is 12.4. The molecule has 0 N–H and O–H groups in total. The number of hydrogen-bond acceptors (Lipinski definition) is 3. The molecule has 4 aliphatic rings. The molecule has 0 saturated heterocycles. The summed E-state index contributed by atoms with van der Waals surface area (Å²) in [6.45, 7) is 4.41. The quantitative estimate of drug-likeness (QED) is 0.525. The van der Waals surface area contributed by atoms with E-state index in [1.807, 2.05) is 6.26 Å². The molecule has 2 aromatic rings. The van der Waals surface area contributed by atoms with Gasteiger partial charge in [0.1, 0.15) is 29.1 Å². The summed E-state index contributed by atoms with van der Waals surface area (Å²) in [7, 11) is 0. The van der Waals surface area contributed by atoms with Crippen molar-refractivity contribution >= 4 is 0 Å². The second-order valence-corrected chi connectivity index (χ2v) is 10.3. The highest BCUT2D eigenvalue weighted by molar-refractivity contribution is 5.38. The van der Waals surface area contributed by atoms with E-state index >= 15 is 0 Å². The monoisotopic (exact) mass is 418 g/mol. The van der Waals surface area contributed by atoms with E-state index in [0.29, 0.717) is 17.8 Å². The highest BCUT2D eigenvalue weighted by Gasteiger charge is 2.36. The Morgan fingerprint density at radius 2 is 1.87 bits per heavy atom. The van der Waals surface area contributed by atoms with E-state index in [0.717, 1.165) is 37.9 Å². The van der Waals surface area contributed by atoms with Crippen molar-refractivity contribution in [1.29, 1.82) is 0 Å². The lowest BCUT2D eigenvalue weighted by atomic mass is 9.79. The number of ether oxygens (including phenoxy) is 1. The van der Waals surface area contributed by atoms with E-state index in [1.165, 1.54) is 71.6 Å². The molecule has 0 aromatic carbocycles. The lowest BCUT2D eigenvalue weighted by molar-refractivity contribution is 0.0952. The van der Waals surface area contributed by atoms with Crippen molar-refractivity contribution < 1.29 is 13.6 Å². The highest BCUT2D eigenvalue weighted by atomic mass is 16.5. The molecule has 4 atom stereocenters. The molecule has 3 heteroatoms. The van der Waals surface area contributed by atoms with Crippen LogP contribution in [0.4, 0.5) is 0 Å². The standard InChI is InChI=1S/C28H34O3/c1-17-6-3-11-25-22(17)12-13-26(31-25)24-10-5-9-23-21(16-29-28(23)24)15-20-8-4-7-19-14-18(2)30-27(19)20/h12-14,16-17,20,24,26H,3-11,15H2,1-2H3/t17-,20+,24?,26+/m1/s1. The number of aryl methyl sites for hydroxylation is 2. The fourth-order valence-electron chi connectivity index (χ4n) is 6.55. The molecule has 1 unspecified atom stereocenters. The van der Waals surface area contributed by atoms with E-state index < -0.39 is 0 Å². The molecule has 1 aliphatic heterocycles. The minimum absolute atomic E-state index is 0.121. The van der Waals surface area contributed by atoms with Crippen LogP contribution in [0.2, 0.25) is 0 Å². The average Bonchev–Trinajstić information content (AvgIpc) is 3.37. The van der Waals surface area contributed by atoms with Crippen LogP contribution in [0.5, 0.6) is 0 Å². The largest absolute Gasteiger partial charge is 0.490 e. The van der Waals surface area contributed by atoms with Gasteiger partial charge in [-0.2, -0.15) is 0 Å². The summed E-state index contributed by atoms with van der Waals surface area (Å²) in [6, 6.07) is 2.24. The van der Waals surface area contributed by atoms with Gasteiger partial charge in [0.15, 0.2) is 0 Å². The molecule has 31 heavy (non-hydrogen) atoms. The van der Waals surface area contributed by atoms with Gasteiger partial charge in [-0.15, -0.1) is 0 Å². The Bertz CT molecular complexity index is 1030. The Labute approximate surface area is 185 Å². The number of hydrogen-bond donors (Lipinski definition) is 0. The first-order valence-electron chi connectivity index (χ1n) is 12.4. The van der Waals surface area contributed by atoms with Gasteiger partial charge in [-0.3, -0.25) is 0 Å². The van der Waals surface area contributed by atoms with Gasteiger partial charge in [0.05, 0.1) is 12.2 Å². The third-order valence-corrected chi connectivity index (χ3v) is 8.13. The summed E-state index contributed by atoms with van der Waals surface area (Å²) >= 11 is 0. The van der Waals surface area contributed by atoms with Crippen LogP contribution >= 0.6 is 0 Å². The van der Waals surface area contributed by atoms with Crippen LogP contribution in [-0.2, 0) is 24.0 Å². The molecule has 0 radical (unpaired) electrons. The summed E-state index contributed by atoms with van der Waals surface area (Å²) in [6.07, 6.45) is 18.6. The fraction of sp³-hybridized carbons (Fsp3) is 0.571. The zero-order valence-electron chi connectivity index (χ0n) is 18.9. The molecule has 3 heterocycles. The summed E-state index contributed by atoms with van der Waals surface area (Å²) in [5.74, 6) is 6.18. The van der Waals surface area contributed by atoms with Gasteiger partial charge in [0.2, 0.25) is 0 Å². The van der Waals surface area contributed by atoms with Crippen LogP contribution in [-0.4, -0.2) is 6.10 Å². The van der Waals surface area contributed by atoms with Gasteiger partial charge >= 0.3 is 0 Å². The minimum atomic E-state index is 0.121. The molecule has 0 saturated carbocycles. The molecular weight excluding hydrogens is 384 g/mol. The number of rotatable bonds is 3. The van der Waals surface area contributed by atoms with Gasteiger partial charge < -0.3 is 13.6 Å². The van der Waals surface area contributed by atoms with Crippen molar-refractivity contribution in [2.75, 3.05) is 0 Å². The predicted molar refractivity (Wildman–Crippen MR) is 121 cm³/mol. The highest BCUT2D eigenvalue weighted by Crippen LogP contribution is 2.44. The van der Waals surface area contributed by atoms with E-state index in [9.17, 15) is 0 Å². The van der Waals surface area contributed by atoms with Crippen molar-refractivity contribution in [2.24, 2.45) is 5.92 Å². The minimum Gasteiger partial charge on any atom is -0.490 e. The second kappa shape index (κ2) is 7.76. The van der Waals surface area contributed by atoms with Gasteiger partial charge in [0, 0.05) is 12.3 Å². The zero-order chi connectivity index (χ0) is 20.9. The molecule has 0 bridgehead atoms. The van der Waals surface area contributed by atoms with E-state index in [-0.39, 0.29) is 6.10 Å². The number of fused-ring (bicyclic) bond motifs is 2. The van der Waals surface area contributed by atoms with Crippen LogP contribution < -0.4 is 0 Å². The van der Waals surface area contributed by atoms with Gasteiger partial charge in [-0.05, 0) is 105 Å². The molecular formula is C28H34O3. The summed E-state index contributed by atoms with van der Waals surface area (Å²) < 4.78 is 19.0. The lowest BCUT2D eigenvalue weighted by Crippen LogP contribution is -2.27. The Morgan fingerprint density at radius 3 is 2.81 bits per heavy atom. The molecule has 3 aliphatic carbocycles. The van der Waals surface area contributed by atoms with Crippen molar-refractivity contribution in [2.45, 2.75) is 96.0 Å². The summed E-state index contributed by atoms with van der Waals surface area (Å²) in [5.41, 5.74) is 5.72. The predicted octanol–water partition coefficient (Wildman–Crippen LogP) is 7.29. The second-order valence-electron chi connectivity index (χ2n) is 10.3. The topological polar surface area (TPSA) is 35.5 Å². The Hall–Kier alpha value is -2.16. The smallest absolute Gasteiger partial charge is 0.127 e. The van der Waals surface area contributed by atoms with E-state index in [4.69, 9.17) is 13.6 Å². The van der Waals surface area contributed by atoms with Crippen molar-refractivity contribution in [3.8, 4) is 0 Å². The van der Waals surface area contributed by atoms with Crippen molar-refractivity contribution in [3.05, 3.63) is 69.8 Å². The molecule has 164 valence electrons. The van der Waals surface area contributed by atoms with Crippen LogP contribution in [0.15, 0.2) is 44.6 Å². The van der Waals surface area contributed by atoms with Crippen LogP contribution in [0.1, 0.15) is 97.7 Å². The lowest BCUT2D eigenvalue weighted by Gasteiger charge is -2.35. The third kappa shape index (κ3) is 3.41. The maximum absolute atomic E-state index is 6.58. The Morgan fingerprint density at radius 1 is 1.00 bits per heavy atom. The zero-order valence-corrected chi connectivity index (χ0v) is 18.9. The Balaban J connectivity index is 1.24. The van der Waals surface area contributed by atoms with E-state index in [1.54, 1.807) is 0 Å². The molecule has 3 nitrogen and oxygen atoms in total. The summed E-state index contributed by atoms with van der Waals surface area (Å²) in [4.78, 5) is 0. The van der Waals surface area contributed by atoms with Gasteiger partial charge in [-0.1, -0.05) is 13.0 Å². The number of allylic oxidation sites excluding steroid dienone is 3. The SMILES string of the molecule is Cc1cc2c(o1)[C@H](Cc1coc3c1CCCC3[C@@H]1C=CC3=C(CCC[C@H]3C)O1)CCC2. The molecule has 6 rings (SSSR count). The fourth-order valence-corrected chi connectivity index (χ4v) is 6.55. The van der Waals surface area contributed by atoms with Crippen molar-refractivity contribution in [1.82, 2.24) is 0 Å². The molecule has 2 aromatic heterocycles. The molecule has 0 spiro atoms. The third-order valence-electron chi connectivity index (χ3n) is 8.13. The van der Waals surface area contributed by atoms with E-state index in [2.05, 4.69) is 32.1 Å². The Kier molecular flexibility index (Phi) is 4.89. The molecule has 0 amide bonds. The average molecular weight is 419 g/mol. The van der Waals surface area contributed by atoms with Crippen LogP contribution in [0.25, 0.3) is 0 Å². The van der Waals surface area contributed by atoms with Gasteiger partial charge in [0.25, 0.3) is 0 Å². The maximum Gasteiger partial charge on any atom is 0.127 e. The summed E-state index contributed by atoms with van der Waals surface area (Å²) in [5, 5.41) is 0. The first kappa shape index (κ1) is 19.5. The molecule has 0 fully saturated rings.